The molecule has 6 nitrogen and oxygen atoms in total. The van der Waals surface area contributed by atoms with Crippen molar-refractivity contribution >= 4 is 39.8 Å². The molecule has 0 unspecified atom stereocenters. The molecule has 2 amide bonds. The minimum Gasteiger partial charge on any atom is -0.452 e. The fourth-order valence-corrected chi connectivity index (χ4v) is 3.32. The Morgan fingerprint density at radius 1 is 1.08 bits per heavy atom. The lowest BCUT2D eigenvalue weighted by Crippen LogP contribution is -2.22. The molecule has 132 valence electrons. The van der Waals surface area contributed by atoms with Crippen LogP contribution < -0.4 is 10.6 Å². The second kappa shape index (κ2) is 7.94. The summed E-state index contributed by atoms with van der Waals surface area (Å²) in [6, 6.07) is 7.33. The molecule has 1 heterocycles. The molecule has 0 radical (unpaired) electrons. The third-order valence-electron chi connectivity index (χ3n) is 3.63. The van der Waals surface area contributed by atoms with Crippen LogP contribution in [0.25, 0.3) is 0 Å². The van der Waals surface area contributed by atoms with E-state index in [-0.39, 0.29) is 5.91 Å². The number of benzene rings is 1. The molecule has 0 fully saturated rings. The van der Waals surface area contributed by atoms with Crippen LogP contribution in [0.3, 0.4) is 0 Å². The van der Waals surface area contributed by atoms with E-state index < -0.39 is 18.5 Å². The number of hydrogen-bond donors (Lipinski definition) is 2. The molecule has 2 aromatic rings. The van der Waals surface area contributed by atoms with Crippen molar-refractivity contribution in [2.75, 3.05) is 17.2 Å². The number of anilines is 2. The van der Waals surface area contributed by atoms with E-state index >= 15 is 0 Å². The van der Waals surface area contributed by atoms with Crippen LogP contribution >= 0.6 is 11.3 Å². The van der Waals surface area contributed by atoms with Crippen LogP contribution in [-0.4, -0.2) is 24.4 Å². The maximum Gasteiger partial charge on any atom is 0.341 e. The summed E-state index contributed by atoms with van der Waals surface area (Å²) in [6.45, 7) is 6.48. The average molecular weight is 360 g/mol. The van der Waals surface area contributed by atoms with Crippen molar-refractivity contribution in [3.63, 3.8) is 0 Å². The van der Waals surface area contributed by atoms with Gasteiger partial charge in [-0.15, -0.1) is 11.3 Å². The summed E-state index contributed by atoms with van der Waals surface area (Å²) < 4.78 is 5.12. The zero-order valence-electron chi connectivity index (χ0n) is 14.6. The van der Waals surface area contributed by atoms with Crippen molar-refractivity contribution < 1.29 is 19.1 Å². The van der Waals surface area contributed by atoms with Crippen LogP contribution in [0.1, 0.15) is 33.3 Å². The molecule has 7 heteroatoms. The fourth-order valence-electron chi connectivity index (χ4n) is 2.22. The molecular formula is C18H20N2O4S. The number of aryl methyl sites for hydroxylation is 2. The third kappa shape index (κ3) is 4.67. The van der Waals surface area contributed by atoms with Crippen molar-refractivity contribution in [1.82, 2.24) is 0 Å². The Kier molecular flexibility index (Phi) is 5.93. The van der Waals surface area contributed by atoms with E-state index in [4.69, 9.17) is 4.74 Å². The maximum atomic E-state index is 12.4. The number of ether oxygens (including phenoxy) is 1. The van der Waals surface area contributed by atoms with Gasteiger partial charge >= 0.3 is 5.97 Å². The van der Waals surface area contributed by atoms with Gasteiger partial charge in [0.2, 0.25) is 5.91 Å². The Balaban J connectivity index is 2.04. The second-order valence-electron chi connectivity index (χ2n) is 5.61. The van der Waals surface area contributed by atoms with Crippen molar-refractivity contribution in [2.45, 2.75) is 27.7 Å². The number of thiophene rings is 1. The van der Waals surface area contributed by atoms with E-state index in [1.54, 1.807) is 13.0 Å². The van der Waals surface area contributed by atoms with Gasteiger partial charge in [-0.3, -0.25) is 9.59 Å². The molecular weight excluding hydrogens is 340 g/mol. The number of carbonyl (C=O) groups excluding carboxylic acids is 3. The van der Waals surface area contributed by atoms with Gasteiger partial charge in [-0.25, -0.2) is 4.79 Å². The van der Waals surface area contributed by atoms with Gasteiger partial charge in [-0.2, -0.15) is 0 Å². The lowest BCUT2D eigenvalue weighted by molar-refractivity contribution is -0.119. The third-order valence-corrected chi connectivity index (χ3v) is 4.76. The first-order chi connectivity index (χ1) is 11.8. The molecule has 0 atom stereocenters. The molecule has 0 bridgehead atoms. The Morgan fingerprint density at radius 3 is 2.40 bits per heavy atom. The summed E-state index contributed by atoms with van der Waals surface area (Å²) in [4.78, 5) is 36.5. The van der Waals surface area contributed by atoms with E-state index in [0.29, 0.717) is 16.3 Å². The van der Waals surface area contributed by atoms with E-state index in [2.05, 4.69) is 10.6 Å². The van der Waals surface area contributed by atoms with Crippen LogP contribution in [0.15, 0.2) is 24.3 Å². The second-order valence-corrected chi connectivity index (χ2v) is 6.83. The van der Waals surface area contributed by atoms with Crippen LogP contribution in [-0.2, 0) is 14.3 Å². The van der Waals surface area contributed by atoms with Gasteiger partial charge in [0.05, 0.1) is 5.56 Å². The molecule has 0 saturated carbocycles. The lowest BCUT2D eigenvalue weighted by atomic mass is 10.1. The summed E-state index contributed by atoms with van der Waals surface area (Å²) in [5, 5.41) is 5.77. The standard InChI is InChI=1S/C18H20N2O4S/c1-10-7-5-6-8-14(10)20-15(22)9-24-18(23)16-11(2)12(3)25-17(16)19-13(4)21/h5-8H,9H2,1-4H3,(H,19,21)(H,20,22). The van der Waals surface area contributed by atoms with Gasteiger partial charge in [0, 0.05) is 17.5 Å². The summed E-state index contributed by atoms with van der Waals surface area (Å²) in [5.74, 6) is -1.33. The molecule has 2 N–H and O–H groups in total. The zero-order valence-corrected chi connectivity index (χ0v) is 15.4. The molecule has 0 aliphatic heterocycles. The monoisotopic (exact) mass is 360 g/mol. The largest absolute Gasteiger partial charge is 0.452 e. The summed E-state index contributed by atoms with van der Waals surface area (Å²) in [7, 11) is 0. The van der Waals surface area contributed by atoms with Crippen molar-refractivity contribution in [3.05, 3.63) is 45.8 Å². The SMILES string of the molecule is CC(=O)Nc1sc(C)c(C)c1C(=O)OCC(=O)Nc1ccccc1C. The van der Waals surface area contributed by atoms with Gasteiger partial charge in [-0.1, -0.05) is 18.2 Å². The van der Waals surface area contributed by atoms with Gasteiger partial charge in [0.15, 0.2) is 6.61 Å². The molecule has 0 spiro atoms. The molecule has 0 aliphatic rings. The number of carbonyl (C=O) groups is 3. The van der Waals surface area contributed by atoms with Crippen LogP contribution in [0.5, 0.6) is 0 Å². The summed E-state index contributed by atoms with van der Waals surface area (Å²) in [5.41, 5.74) is 2.61. The topological polar surface area (TPSA) is 84.5 Å². The molecule has 1 aromatic carbocycles. The number of hydrogen-bond acceptors (Lipinski definition) is 5. The minimum atomic E-state index is -0.634. The molecule has 0 aliphatic carbocycles. The van der Waals surface area contributed by atoms with Gasteiger partial charge in [-0.05, 0) is 38.0 Å². The summed E-state index contributed by atoms with van der Waals surface area (Å²) >= 11 is 1.30. The predicted octanol–water partition coefficient (Wildman–Crippen LogP) is 3.43. The molecule has 25 heavy (non-hydrogen) atoms. The highest BCUT2D eigenvalue weighted by atomic mass is 32.1. The van der Waals surface area contributed by atoms with Gasteiger partial charge in [0.25, 0.3) is 5.91 Å². The van der Waals surface area contributed by atoms with Crippen molar-refractivity contribution in [3.8, 4) is 0 Å². The minimum absolute atomic E-state index is 0.271. The van der Waals surface area contributed by atoms with Crippen LogP contribution in [0, 0.1) is 20.8 Å². The number of para-hydroxylation sites is 1. The highest BCUT2D eigenvalue weighted by molar-refractivity contribution is 7.16. The van der Waals surface area contributed by atoms with E-state index in [9.17, 15) is 14.4 Å². The van der Waals surface area contributed by atoms with Crippen LogP contribution in [0.2, 0.25) is 0 Å². The van der Waals surface area contributed by atoms with Crippen molar-refractivity contribution in [1.29, 1.82) is 0 Å². The molecule has 0 saturated heterocycles. The average Bonchev–Trinajstić information content (AvgIpc) is 2.81. The normalized spacial score (nSPS) is 10.2. The van der Waals surface area contributed by atoms with Gasteiger partial charge < -0.3 is 15.4 Å². The Bertz CT molecular complexity index is 826. The smallest absolute Gasteiger partial charge is 0.341 e. The first-order valence-electron chi connectivity index (χ1n) is 7.69. The lowest BCUT2D eigenvalue weighted by Gasteiger charge is -2.09. The molecule has 1 aromatic heterocycles. The zero-order chi connectivity index (χ0) is 18.6. The molecule has 2 rings (SSSR count). The predicted molar refractivity (Wildman–Crippen MR) is 98.2 cm³/mol. The quantitative estimate of drug-likeness (QED) is 0.800. The van der Waals surface area contributed by atoms with E-state index in [0.717, 1.165) is 16.0 Å². The van der Waals surface area contributed by atoms with E-state index in [1.807, 2.05) is 32.0 Å². The Morgan fingerprint density at radius 2 is 1.76 bits per heavy atom. The number of esters is 1. The fraction of sp³-hybridized carbons (Fsp3) is 0.278. The van der Waals surface area contributed by atoms with Gasteiger partial charge in [0.1, 0.15) is 5.00 Å². The first-order valence-corrected chi connectivity index (χ1v) is 8.51. The van der Waals surface area contributed by atoms with E-state index in [1.165, 1.54) is 18.3 Å². The number of amides is 2. The first kappa shape index (κ1) is 18.7. The Labute approximate surface area is 150 Å². The maximum absolute atomic E-state index is 12.4. The van der Waals surface area contributed by atoms with Crippen molar-refractivity contribution in [2.24, 2.45) is 0 Å². The van der Waals surface area contributed by atoms with Crippen LogP contribution in [0.4, 0.5) is 10.7 Å². The number of nitrogens with one attached hydrogen (secondary N) is 2. The highest BCUT2D eigenvalue weighted by Gasteiger charge is 2.22. The Hall–Kier alpha value is -2.67. The summed E-state index contributed by atoms with van der Waals surface area (Å²) in [6.07, 6.45) is 0. The highest BCUT2D eigenvalue weighted by Crippen LogP contribution is 2.32. The number of rotatable bonds is 5.